The van der Waals surface area contributed by atoms with Crippen LogP contribution >= 0.6 is 0 Å². The Labute approximate surface area is 203 Å². The van der Waals surface area contributed by atoms with Gasteiger partial charge < -0.3 is 4.74 Å². The molecule has 1 aromatic rings. The van der Waals surface area contributed by atoms with E-state index in [2.05, 4.69) is 6.92 Å². The molecule has 0 aromatic heterocycles. The minimum atomic E-state index is -4.25. The standard InChI is InChI=1S/C25H38N2O6S/c1-3-5-6-7-8-9-12-17-25(18-13-16-23(25)28)24-26(20(4-2)19-33-24)34(31,32)22-15-11-10-14-21(22)27(29)30/h10-11,14-15,20,24H,3-9,12-13,16-19H2,1-2H3/t20-,24-,25+/m1/s1. The van der Waals surface area contributed by atoms with Crippen molar-refractivity contribution in [3.05, 3.63) is 34.4 Å². The molecule has 1 saturated heterocycles. The van der Waals surface area contributed by atoms with Gasteiger partial charge in [-0.25, -0.2) is 8.42 Å². The van der Waals surface area contributed by atoms with Crippen LogP contribution in [-0.4, -0.2) is 42.3 Å². The summed E-state index contributed by atoms with van der Waals surface area (Å²) in [5.74, 6) is 0.0583. The summed E-state index contributed by atoms with van der Waals surface area (Å²) in [5.41, 5.74) is -1.34. The largest absolute Gasteiger partial charge is 0.359 e. The molecule has 0 unspecified atom stereocenters. The summed E-state index contributed by atoms with van der Waals surface area (Å²) in [4.78, 5) is 23.8. The van der Waals surface area contributed by atoms with E-state index >= 15 is 0 Å². The van der Waals surface area contributed by atoms with Gasteiger partial charge in [0, 0.05) is 12.5 Å². The first-order valence-corrected chi connectivity index (χ1v) is 14.2. The van der Waals surface area contributed by atoms with Crippen LogP contribution in [0.3, 0.4) is 0 Å². The fourth-order valence-electron chi connectivity index (χ4n) is 5.50. The Bertz CT molecular complexity index is 966. The first-order chi connectivity index (χ1) is 16.3. The lowest BCUT2D eigenvalue weighted by molar-refractivity contribution is -0.387. The SMILES string of the molecule is CCCCCCCCC[C@]1([C@H]2OC[C@@H](CC)N2S(=O)(=O)c2ccccc2[N+](=O)[O-])CCCC1=O. The topological polar surface area (TPSA) is 107 Å². The normalized spacial score (nSPS) is 25.8. The Kier molecular flexibility index (Phi) is 9.23. The number of hydrogen-bond acceptors (Lipinski definition) is 6. The van der Waals surface area contributed by atoms with E-state index in [9.17, 15) is 23.3 Å². The number of unbranched alkanes of at least 4 members (excludes halogenated alkanes) is 6. The number of nitro benzene ring substituents is 1. The van der Waals surface area contributed by atoms with Crippen molar-refractivity contribution >= 4 is 21.5 Å². The number of nitro groups is 1. The maximum Gasteiger partial charge on any atom is 0.289 e. The minimum absolute atomic E-state index is 0.0583. The molecule has 0 amide bonds. The highest BCUT2D eigenvalue weighted by Crippen LogP contribution is 2.49. The molecule has 0 bridgehead atoms. The molecular weight excluding hydrogens is 456 g/mol. The monoisotopic (exact) mass is 494 g/mol. The van der Waals surface area contributed by atoms with E-state index in [0.29, 0.717) is 32.1 Å². The number of ketones is 1. The summed E-state index contributed by atoms with van der Waals surface area (Å²) in [5, 5.41) is 11.6. The van der Waals surface area contributed by atoms with E-state index in [1.54, 1.807) is 0 Å². The molecule has 1 aliphatic heterocycles. The molecule has 1 saturated carbocycles. The maximum atomic E-state index is 13.9. The fourth-order valence-corrected chi connectivity index (χ4v) is 7.50. The molecule has 9 heteroatoms. The molecule has 3 rings (SSSR count). The van der Waals surface area contributed by atoms with Crippen molar-refractivity contribution < 1.29 is 22.9 Å². The van der Waals surface area contributed by atoms with Crippen LogP contribution in [0.25, 0.3) is 0 Å². The zero-order valence-corrected chi connectivity index (χ0v) is 21.2. The Balaban J connectivity index is 1.89. The second kappa shape index (κ2) is 11.7. The van der Waals surface area contributed by atoms with Gasteiger partial charge in [-0.2, -0.15) is 4.31 Å². The predicted octanol–water partition coefficient (Wildman–Crippen LogP) is 5.60. The van der Waals surface area contributed by atoms with Gasteiger partial charge in [0.05, 0.1) is 23.0 Å². The van der Waals surface area contributed by atoms with Crippen molar-refractivity contribution in [1.29, 1.82) is 0 Å². The molecule has 0 N–H and O–H groups in total. The molecule has 2 aliphatic rings. The molecule has 1 aliphatic carbocycles. The Morgan fingerprint density at radius 1 is 1.12 bits per heavy atom. The van der Waals surface area contributed by atoms with Crippen molar-refractivity contribution in [2.75, 3.05) is 6.61 Å². The van der Waals surface area contributed by atoms with E-state index in [0.717, 1.165) is 19.3 Å². The number of rotatable bonds is 13. The highest BCUT2D eigenvalue weighted by Gasteiger charge is 2.58. The molecular formula is C25H38N2O6S. The lowest BCUT2D eigenvalue weighted by Gasteiger charge is -2.38. The highest BCUT2D eigenvalue weighted by molar-refractivity contribution is 7.89. The van der Waals surface area contributed by atoms with Gasteiger partial charge in [-0.15, -0.1) is 0 Å². The molecule has 3 atom stereocenters. The lowest BCUT2D eigenvalue weighted by Crippen LogP contribution is -2.52. The van der Waals surface area contributed by atoms with Crippen molar-refractivity contribution in [3.8, 4) is 0 Å². The summed E-state index contributed by atoms with van der Waals surface area (Å²) in [6.07, 6.45) is 9.65. The molecule has 0 spiro atoms. The van der Waals surface area contributed by atoms with Crippen LogP contribution in [0.4, 0.5) is 5.69 Å². The average Bonchev–Trinajstić information content (AvgIpc) is 3.43. The molecule has 34 heavy (non-hydrogen) atoms. The first kappa shape index (κ1) is 26.8. The number of para-hydroxylation sites is 1. The maximum absolute atomic E-state index is 13.9. The summed E-state index contributed by atoms with van der Waals surface area (Å²) in [7, 11) is -4.25. The molecule has 0 radical (unpaired) electrons. The van der Waals surface area contributed by atoms with Gasteiger partial charge in [0.25, 0.3) is 15.7 Å². The summed E-state index contributed by atoms with van der Waals surface area (Å²) >= 11 is 0. The smallest absolute Gasteiger partial charge is 0.289 e. The number of sulfonamides is 1. The molecule has 8 nitrogen and oxygen atoms in total. The van der Waals surface area contributed by atoms with Crippen LogP contribution in [0.5, 0.6) is 0 Å². The lowest BCUT2D eigenvalue weighted by atomic mass is 9.78. The summed E-state index contributed by atoms with van der Waals surface area (Å²) in [6, 6.07) is 4.95. The quantitative estimate of drug-likeness (QED) is 0.201. The van der Waals surface area contributed by atoms with Crippen LogP contribution in [0, 0.1) is 15.5 Å². The van der Waals surface area contributed by atoms with Crippen molar-refractivity contribution in [1.82, 2.24) is 4.31 Å². The van der Waals surface area contributed by atoms with Gasteiger partial charge in [-0.1, -0.05) is 70.9 Å². The van der Waals surface area contributed by atoms with Gasteiger partial charge in [0.2, 0.25) is 0 Å². The van der Waals surface area contributed by atoms with E-state index < -0.39 is 38.3 Å². The van der Waals surface area contributed by atoms with Crippen LogP contribution < -0.4 is 0 Å². The number of carbonyl (C=O) groups excluding carboxylic acids is 1. The van der Waals surface area contributed by atoms with E-state index in [1.165, 1.54) is 54.3 Å². The third-order valence-corrected chi connectivity index (χ3v) is 9.35. The third-order valence-electron chi connectivity index (χ3n) is 7.41. The van der Waals surface area contributed by atoms with Crippen LogP contribution in [0.2, 0.25) is 0 Å². The van der Waals surface area contributed by atoms with Crippen molar-refractivity contribution in [2.45, 2.75) is 108 Å². The Morgan fingerprint density at radius 2 is 1.79 bits per heavy atom. The van der Waals surface area contributed by atoms with Crippen LogP contribution in [-0.2, 0) is 19.6 Å². The zero-order chi connectivity index (χ0) is 24.8. The summed E-state index contributed by atoms with van der Waals surface area (Å²) < 4.78 is 35.1. The average molecular weight is 495 g/mol. The van der Waals surface area contributed by atoms with Gasteiger partial charge in [-0.05, 0) is 31.7 Å². The van der Waals surface area contributed by atoms with E-state index in [4.69, 9.17) is 4.74 Å². The third kappa shape index (κ3) is 5.36. The van der Waals surface area contributed by atoms with Gasteiger partial charge in [-0.3, -0.25) is 14.9 Å². The minimum Gasteiger partial charge on any atom is -0.359 e. The second-order valence-electron chi connectivity index (χ2n) is 9.61. The molecule has 1 heterocycles. The van der Waals surface area contributed by atoms with Gasteiger partial charge in [0.15, 0.2) is 4.90 Å². The Hall–Kier alpha value is -1.84. The van der Waals surface area contributed by atoms with Gasteiger partial charge >= 0.3 is 0 Å². The number of benzene rings is 1. The number of carbonyl (C=O) groups is 1. The molecule has 190 valence electrons. The molecule has 1 aromatic carbocycles. The predicted molar refractivity (Wildman–Crippen MR) is 130 cm³/mol. The van der Waals surface area contributed by atoms with E-state index in [1.807, 2.05) is 6.92 Å². The second-order valence-corrected chi connectivity index (χ2v) is 11.4. The molecule has 2 fully saturated rings. The van der Waals surface area contributed by atoms with Crippen molar-refractivity contribution in [2.24, 2.45) is 5.41 Å². The van der Waals surface area contributed by atoms with Crippen LogP contribution in [0.1, 0.15) is 90.9 Å². The first-order valence-electron chi connectivity index (χ1n) is 12.7. The Morgan fingerprint density at radius 3 is 2.41 bits per heavy atom. The van der Waals surface area contributed by atoms with Crippen LogP contribution in [0.15, 0.2) is 29.2 Å². The van der Waals surface area contributed by atoms with Crippen molar-refractivity contribution in [3.63, 3.8) is 0 Å². The number of nitrogens with zero attached hydrogens (tertiary/aromatic N) is 2. The number of hydrogen-bond donors (Lipinski definition) is 0. The fraction of sp³-hybridized carbons (Fsp3) is 0.720. The zero-order valence-electron chi connectivity index (χ0n) is 20.4. The van der Waals surface area contributed by atoms with E-state index in [-0.39, 0.29) is 17.3 Å². The highest BCUT2D eigenvalue weighted by atomic mass is 32.2. The van der Waals surface area contributed by atoms with Gasteiger partial charge in [0.1, 0.15) is 12.0 Å². The summed E-state index contributed by atoms with van der Waals surface area (Å²) in [6.45, 7) is 4.25. The number of Topliss-reactive ketones (excluding diaryl/α,β-unsaturated/α-hetero) is 1. The number of ether oxygens (including phenoxy) is 1.